The fraction of sp³-hybridized carbons (Fsp3) is 0.286. The summed E-state index contributed by atoms with van der Waals surface area (Å²) in [7, 11) is 1.99. The average Bonchev–Trinajstić information content (AvgIpc) is 2.77. The van der Waals surface area contributed by atoms with E-state index in [0.717, 1.165) is 0 Å². The molecule has 0 bridgehead atoms. The molecule has 2 rings (SSSR count). The number of hydrogen-bond acceptors (Lipinski definition) is 2. The Kier molecular flexibility index (Phi) is 4.02. The fourth-order valence-corrected chi connectivity index (χ4v) is 3.64. The molecule has 1 aromatic carbocycles. The van der Waals surface area contributed by atoms with Crippen molar-refractivity contribution in [2.75, 3.05) is 7.05 Å². The van der Waals surface area contributed by atoms with E-state index in [-0.39, 0.29) is 0 Å². The Hall–Kier alpha value is -0.640. The van der Waals surface area contributed by atoms with Gasteiger partial charge in [-0.25, -0.2) is 0 Å². The Morgan fingerprint density at radius 3 is 2.65 bits per heavy atom. The number of thiophene rings is 1. The molecule has 0 aliphatic carbocycles. The third kappa shape index (κ3) is 2.79. The minimum atomic E-state index is 0.415. The average molecular weight is 310 g/mol. The standard InChI is InChI=1S/C14H16BrNS/c1-9-4-5-11(12(15)8-9)14-7-6-13(17-14)10(2)16-3/h4-8,10,16H,1-3H3. The van der Waals surface area contributed by atoms with E-state index in [1.54, 1.807) is 0 Å². The summed E-state index contributed by atoms with van der Waals surface area (Å²) in [5, 5.41) is 3.27. The first-order chi connectivity index (χ1) is 8.11. The van der Waals surface area contributed by atoms with Gasteiger partial charge in [-0.15, -0.1) is 11.3 Å². The van der Waals surface area contributed by atoms with Crippen molar-refractivity contribution >= 4 is 27.3 Å². The second-order valence-electron chi connectivity index (χ2n) is 4.20. The largest absolute Gasteiger partial charge is 0.313 e. The molecular formula is C14H16BrNS. The molecule has 0 spiro atoms. The van der Waals surface area contributed by atoms with E-state index in [1.807, 2.05) is 18.4 Å². The van der Waals surface area contributed by atoms with Gasteiger partial charge in [-0.3, -0.25) is 0 Å². The van der Waals surface area contributed by atoms with Crippen LogP contribution in [0.4, 0.5) is 0 Å². The van der Waals surface area contributed by atoms with Crippen LogP contribution < -0.4 is 5.32 Å². The lowest BCUT2D eigenvalue weighted by molar-refractivity contribution is 0.664. The molecule has 0 saturated heterocycles. The molecule has 1 aromatic heterocycles. The number of benzene rings is 1. The number of hydrogen-bond donors (Lipinski definition) is 1. The summed E-state index contributed by atoms with van der Waals surface area (Å²) in [6.07, 6.45) is 0. The normalized spacial score (nSPS) is 12.7. The first-order valence-electron chi connectivity index (χ1n) is 5.65. The summed E-state index contributed by atoms with van der Waals surface area (Å²) in [6, 6.07) is 11.3. The number of nitrogens with one attached hydrogen (secondary N) is 1. The molecule has 1 N–H and O–H groups in total. The summed E-state index contributed by atoms with van der Waals surface area (Å²) in [5.74, 6) is 0. The first-order valence-corrected chi connectivity index (χ1v) is 7.26. The molecule has 0 aliphatic heterocycles. The highest BCUT2D eigenvalue weighted by Crippen LogP contribution is 2.35. The van der Waals surface area contributed by atoms with E-state index < -0.39 is 0 Å². The molecular weight excluding hydrogens is 294 g/mol. The van der Waals surface area contributed by atoms with E-state index in [9.17, 15) is 0 Å². The molecule has 2 aromatic rings. The van der Waals surface area contributed by atoms with Crippen molar-refractivity contribution in [2.45, 2.75) is 19.9 Å². The van der Waals surface area contributed by atoms with Crippen molar-refractivity contribution in [2.24, 2.45) is 0 Å². The van der Waals surface area contributed by atoms with Crippen molar-refractivity contribution in [1.29, 1.82) is 0 Å². The minimum absolute atomic E-state index is 0.415. The summed E-state index contributed by atoms with van der Waals surface area (Å²) in [5.41, 5.74) is 2.55. The number of aryl methyl sites for hydroxylation is 1. The lowest BCUT2D eigenvalue weighted by Gasteiger charge is -2.06. The maximum absolute atomic E-state index is 3.64. The lowest BCUT2D eigenvalue weighted by atomic mass is 10.1. The molecule has 1 heterocycles. The highest BCUT2D eigenvalue weighted by atomic mass is 79.9. The molecule has 0 aliphatic rings. The van der Waals surface area contributed by atoms with E-state index in [0.29, 0.717) is 6.04 Å². The summed E-state index contributed by atoms with van der Waals surface area (Å²) >= 11 is 5.48. The van der Waals surface area contributed by atoms with Gasteiger partial charge in [0.05, 0.1) is 0 Å². The molecule has 1 unspecified atom stereocenters. The van der Waals surface area contributed by atoms with Crippen molar-refractivity contribution in [3.8, 4) is 10.4 Å². The Labute approximate surface area is 115 Å². The van der Waals surface area contributed by atoms with Gasteiger partial charge in [0.1, 0.15) is 0 Å². The Morgan fingerprint density at radius 1 is 1.24 bits per heavy atom. The van der Waals surface area contributed by atoms with Crippen molar-refractivity contribution in [1.82, 2.24) is 5.32 Å². The maximum atomic E-state index is 3.64. The topological polar surface area (TPSA) is 12.0 Å². The van der Waals surface area contributed by atoms with E-state index in [4.69, 9.17) is 0 Å². The lowest BCUT2D eigenvalue weighted by Crippen LogP contribution is -2.10. The molecule has 1 nitrogen and oxygen atoms in total. The maximum Gasteiger partial charge on any atom is 0.0383 e. The third-order valence-corrected chi connectivity index (χ3v) is 4.83. The van der Waals surface area contributed by atoms with Crippen LogP contribution in [0.1, 0.15) is 23.4 Å². The Morgan fingerprint density at radius 2 is 2.00 bits per heavy atom. The second-order valence-corrected chi connectivity index (χ2v) is 6.17. The van der Waals surface area contributed by atoms with Crippen LogP contribution in [-0.4, -0.2) is 7.05 Å². The van der Waals surface area contributed by atoms with Crippen LogP contribution in [0.3, 0.4) is 0 Å². The second kappa shape index (κ2) is 5.34. The fourth-order valence-electron chi connectivity index (χ4n) is 1.69. The molecule has 0 saturated carbocycles. The SMILES string of the molecule is CNC(C)c1ccc(-c2ccc(C)cc2Br)s1. The molecule has 90 valence electrons. The monoisotopic (exact) mass is 309 g/mol. The van der Waals surface area contributed by atoms with Gasteiger partial charge in [0.25, 0.3) is 0 Å². The van der Waals surface area contributed by atoms with Crippen molar-refractivity contribution in [3.63, 3.8) is 0 Å². The summed E-state index contributed by atoms with van der Waals surface area (Å²) in [4.78, 5) is 2.68. The first kappa shape index (κ1) is 12.8. The van der Waals surface area contributed by atoms with E-state index in [2.05, 4.69) is 65.4 Å². The number of rotatable bonds is 3. The Balaban J connectivity index is 2.37. The van der Waals surface area contributed by atoms with Crippen LogP contribution in [-0.2, 0) is 0 Å². The molecule has 0 amide bonds. The van der Waals surface area contributed by atoms with Crippen LogP contribution >= 0.6 is 27.3 Å². The highest BCUT2D eigenvalue weighted by Gasteiger charge is 2.09. The van der Waals surface area contributed by atoms with E-state index in [1.165, 1.54) is 25.4 Å². The summed E-state index contributed by atoms with van der Waals surface area (Å²) in [6.45, 7) is 4.29. The third-order valence-electron chi connectivity index (χ3n) is 2.88. The van der Waals surface area contributed by atoms with Crippen molar-refractivity contribution < 1.29 is 0 Å². The van der Waals surface area contributed by atoms with Crippen molar-refractivity contribution in [3.05, 3.63) is 45.2 Å². The van der Waals surface area contributed by atoms with Crippen LogP contribution in [0.5, 0.6) is 0 Å². The predicted molar refractivity (Wildman–Crippen MR) is 79.7 cm³/mol. The molecule has 1 atom stereocenters. The van der Waals surface area contributed by atoms with Gasteiger partial charge in [0.2, 0.25) is 0 Å². The predicted octanol–water partition coefficient (Wildman–Crippen LogP) is 4.77. The molecule has 0 radical (unpaired) electrons. The molecule has 17 heavy (non-hydrogen) atoms. The van der Waals surface area contributed by atoms with Gasteiger partial charge < -0.3 is 5.32 Å². The van der Waals surface area contributed by atoms with Gasteiger partial charge in [-0.2, -0.15) is 0 Å². The minimum Gasteiger partial charge on any atom is -0.313 e. The quantitative estimate of drug-likeness (QED) is 0.861. The summed E-state index contributed by atoms with van der Waals surface area (Å²) < 4.78 is 1.17. The van der Waals surface area contributed by atoms with Gasteiger partial charge >= 0.3 is 0 Å². The van der Waals surface area contributed by atoms with Crippen LogP contribution in [0, 0.1) is 6.92 Å². The van der Waals surface area contributed by atoms with E-state index >= 15 is 0 Å². The zero-order valence-electron chi connectivity index (χ0n) is 10.3. The molecule has 3 heteroatoms. The Bertz CT molecular complexity index is 519. The van der Waals surface area contributed by atoms with Gasteiger partial charge in [-0.1, -0.05) is 28.1 Å². The zero-order chi connectivity index (χ0) is 12.4. The van der Waals surface area contributed by atoms with Crippen LogP contribution in [0.25, 0.3) is 10.4 Å². The van der Waals surface area contributed by atoms with Gasteiger partial charge in [0, 0.05) is 25.8 Å². The smallest absolute Gasteiger partial charge is 0.0383 e. The van der Waals surface area contributed by atoms with Gasteiger partial charge in [0.15, 0.2) is 0 Å². The van der Waals surface area contributed by atoms with Crippen LogP contribution in [0.2, 0.25) is 0 Å². The van der Waals surface area contributed by atoms with Crippen LogP contribution in [0.15, 0.2) is 34.8 Å². The highest BCUT2D eigenvalue weighted by molar-refractivity contribution is 9.10. The van der Waals surface area contributed by atoms with Gasteiger partial charge in [-0.05, 0) is 44.7 Å². The number of halogens is 1. The zero-order valence-corrected chi connectivity index (χ0v) is 12.7. The molecule has 0 fully saturated rings.